The third kappa shape index (κ3) is 4.11. The summed E-state index contributed by atoms with van der Waals surface area (Å²) in [4.78, 5) is 13.8. The highest BCUT2D eigenvalue weighted by Gasteiger charge is 2.67. The molecule has 1 heterocycles. The van der Waals surface area contributed by atoms with E-state index < -0.39 is 29.1 Å². The standard InChI is InChI=1S/C28H37NO4/c1-17-9-8-12-21-25(31)19(3)18(2)24-22(15-20-10-6-5-7-11-20)29-26(32)28(21,24)23(30)13-14-27(4,33)16-17/h5-8,10-14,17-18,21-25,30-31,33H,3,9,15-16H2,1-2,4H3,(H,29,32)/b12-8+,14-13+/t17-,18+,21-,22-,23+,24+,25+,27-,28-/m0/s1. The first-order valence-electron chi connectivity index (χ1n) is 12.1. The molecule has 1 aliphatic heterocycles. The molecule has 0 bridgehead atoms. The summed E-state index contributed by atoms with van der Waals surface area (Å²) in [6.07, 6.45) is 6.88. The Balaban J connectivity index is 1.85. The second-order valence-electron chi connectivity index (χ2n) is 10.7. The molecule has 0 aromatic heterocycles. The lowest BCUT2D eigenvalue weighted by atomic mass is 9.51. The molecule has 178 valence electrons. The van der Waals surface area contributed by atoms with Gasteiger partial charge in [0.05, 0.1) is 23.2 Å². The molecule has 5 nitrogen and oxygen atoms in total. The van der Waals surface area contributed by atoms with Crippen LogP contribution >= 0.6 is 0 Å². The number of allylic oxidation sites excluding steroid dienone is 1. The lowest BCUT2D eigenvalue weighted by molar-refractivity contribution is -0.147. The van der Waals surface area contributed by atoms with E-state index in [2.05, 4.69) is 18.8 Å². The average molecular weight is 452 g/mol. The minimum atomic E-state index is -1.25. The van der Waals surface area contributed by atoms with Crippen LogP contribution in [0.4, 0.5) is 0 Å². The summed E-state index contributed by atoms with van der Waals surface area (Å²) in [5, 5.41) is 37.0. The van der Waals surface area contributed by atoms with Crippen LogP contribution in [0, 0.1) is 29.1 Å². The number of hydrogen-bond acceptors (Lipinski definition) is 4. The van der Waals surface area contributed by atoms with Crippen molar-refractivity contribution in [1.82, 2.24) is 5.32 Å². The highest BCUT2D eigenvalue weighted by Crippen LogP contribution is 2.57. The fraction of sp³-hybridized carbons (Fsp3) is 0.536. The van der Waals surface area contributed by atoms with E-state index in [1.165, 1.54) is 0 Å². The first-order valence-corrected chi connectivity index (χ1v) is 12.1. The van der Waals surface area contributed by atoms with Gasteiger partial charge in [-0.15, -0.1) is 0 Å². The molecule has 1 saturated heterocycles. The number of nitrogens with one attached hydrogen (secondary N) is 1. The molecule has 2 aliphatic carbocycles. The topological polar surface area (TPSA) is 89.8 Å². The number of aliphatic hydroxyl groups excluding tert-OH is 2. The van der Waals surface area contributed by atoms with Crippen LogP contribution in [0.3, 0.4) is 0 Å². The molecule has 0 radical (unpaired) electrons. The molecule has 2 fully saturated rings. The van der Waals surface area contributed by atoms with Gasteiger partial charge < -0.3 is 20.6 Å². The monoisotopic (exact) mass is 451 g/mol. The molecule has 4 N–H and O–H groups in total. The normalized spacial score (nSPS) is 45.3. The van der Waals surface area contributed by atoms with Crippen molar-refractivity contribution in [2.24, 2.45) is 29.1 Å². The predicted molar refractivity (Wildman–Crippen MR) is 129 cm³/mol. The van der Waals surface area contributed by atoms with Gasteiger partial charge in [-0.2, -0.15) is 0 Å². The van der Waals surface area contributed by atoms with E-state index in [0.717, 1.165) is 5.56 Å². The first kappa shape index (κ1) is 23.9. The SMILES string of the molecule is C=C1[C@@H](C)[C@@H]2[C@H](Cc3ccccc3)NC(=O)[C@@]23[C@H](O)/C=C/[C@](C)(O)C[C@@H](C)C/C=C/[C@H]3[C@@H]1O. The van der Waals surface area contributed by atoms with Gasteiger partial charge in [0.25, 0.3) is 0 Å². The van der Waals surface area contributed by atoms with Crippen LogP contribution in [-0.4, -0.2) is 45.1 Å². The van der Waals surface area contributed by atoms with Crippen molar-refractivity contribution in [3.63, 3.8) is 0 Å². The van der Waals surface area contributed by atoms with Crippen molar-refractivity contribution < 1.29 is 20.1 Å². The van der Waals surface area contributed by atoms with Crippen molar-refractivity contribution in [2.75, 3.05) is 0 Å². The second kappa shape index (κ2) is 8.86. The van der Waals surface area contributed by atoms with Crippen LogP contribution < -0.4 is 5.32 Å². The molecular weight excluding hydrogens is 414 g/mol. The maximum Gasteiger partial charge on any atom is 0.230 e. The number of hydrogen-bond donors (Lipinski definition) is 4. The van der Waals surface area contributed by atoms with E-state index in [0.29, 0.717) is 24.8 Å². The third-order valence-corrected chi connectivity index (χ3v) is 8.16. The summed E-state index contributed by atoms with van der Waals surface area (Å²) >= 11 is 0. The maximum absolute atomic E-state index is 13.8. The van der Waals surface area contributed by atoms with Crippen molar-refractivity contribution in [1.29, 1.82) is 0 Å². The fourth-order valence-electron chi connectivity index (χ4n) is 6.61. The van der Waals surface area contributed by atoms with E-state index in [1.54, 1.807) is 19.1 Å². The summed E-state index contributed by atoms with van der Waals surface area (Å²) in [7, 11) is 0. The molecule has 1 aromatic rings. The van der Waals surface area contributed by atoms with Gasteiger partial charge in [-0.05, 0) is 49.2 Å². The molecule has 4 rings (SSSR count). The van der Waals surface area contributed by atoms with Crippen LogP contribution in [0.2, 0.25) is 0 Å². The van der Waals surface area contributed by atoms with E-state index in [1.807, 2.05) is 49.4 Å². The Hall–Kier alpha value is -2.21. The summed E-state index contributed by atoms with van der Waals surface area (Å²) < 4.78 is 0. The van der Waals surface area contributed by atoms with Gasteiger partial charge in [0, 0.05) is 17.9 Å². The van der Waals surface area contributed by atoms with Gasteiger partial charge >= 0.3 is 0 Å². The molecule has 1 saturated carbocycles. The number of rotatable bonds is 2. The van der Waals surface area contributed by atoms with Crippen LogP contribution in [0.5, 0.6) is 0 Å². The van der Waals surface area contributed by atoms with Gasteiger partial charge in [0.15, 0.2) is 0 Å². The van der Waals surface area contributed by atoms with E-state index in [4.69, 9.17) is 0 Å². The number of carbonyl (C=O) groups excluding carboxylic acids is 1. The summed E-state index contributed by atoms with van der Waals surface area (Å²) in [5.74, 6) is -1.09. The Morgan fingerprint density at radius 2 is 1.85 bits per heavy atom. The van der Waals surface area contributed by atoms with E-state index in [9.17, 15) is 20.1 Å². The Labute approximate surface area is 196 Å². The van der Waals surface area contributed by atoms with Crippen molar-refractivity contribution in [3.8, 4) is 0 Å². The highest BCUT2D eigenvalue weighted by atomic mass is 16.3. The van der Waals surface area contributed by atoms with E-state index in [-0.39, 0.29) is 29.7 Å². The molecule has 9 atom stereocenters. The molecule has 1 spiro atoms. The summed E-state index contributed by atoms with van der Waals surface area (Å²) in [6, 6.07) is 9.80. The predicted octanol–water partition coefficient (Wildman–Crippen LogP) is 3.17. The Morgan fingerprint density at radius 1 is 1.15 bits per heavy atom. The minimum absolute atomic E-state index is 0.176. The Morgan fingerprint density at radius 3 is 2.55 bits per heavy atom. The molecule has 33 heavy (non-hydrogen) atoms. The van der Waals surface area contributed by atoms with Crippen LogP contribution in [-0.2, 0) is 11.2 Å². The van der Waals surface area contributed by atoms with Gasteiger partial charge in [-0.25, -0.2) is 0 Å². The molecule has 1 aromatic carbocycles. The molecule has 1 amide bonds. The number of amides is 1. The van der Waals surface area contributed by atoms with Gasteiger partial charge in [-0.3, -0.25) is 4.79 Å². The van der Waals surface area contributed by atoms with Gasteiger partial charge in [-0.1, -0.05) is 75.1 Å². The zero-order valence-electron chi connectivity index (χ0n) is 19.8. The number of aliphatic hydroxyl groups is 3. The van der Waals surface area contributed by atoms with E-state index >= 15 is 0 Å². The summed E-state index contributed by atoms with van der Waals surface area (Å²) in [5.41, 5.74) is -0.544. The largest absolute Gasteiger partial charge is 0.388 e. The number of carbonyl (C=O) groups is 1. The lowest BCUT2D eigenvalue weighted by Gasteiger charge is -2.51. The molecule has 5 heteroatoms. The lowest BCUT2D eigenvalue weighted by Crippen LogP contribution is -2.59. The Kier molecular flexibility index (Phi) is 6.43. The first-order chi connectivity index (χ1) is 15.6. The Bertz CT molecular complexity index is 952. The zero-order valence-corrected chi connectivity index (χ0v) is 19.8. The van der Waals surface area contributed by atoms with Crippen LogP contribution in [0.15, 0.2) is 66.8 Å². The second-order valence-corrected chi connectivity index (χ2v) is 10.7. The summed E-state index contributed by atoms with van der Waals surface area (Å²) in [6.45, 7) is 10.00. The fourth-order valence-corrected chi connectivity index (χ4v) is 6.61. The smallest absolute Gasteiger partial charge is 0.230 e. The average Bonchev–Trinajstić information content (AvgIpc) is 3.04. The quantitative estimate of drug-likeness (QED) is 0.520. The van der Waals surface area contributed by atoms with Crippen LogP contribution in [0.1, 0.15) is 39.2 Å². The molecule has 3 aliphatic rings. The number of benzene rings is 1. The van der Waals surface area contributed by atoms with Crippen LogP contribution in [0.25, 0.3) is 0 Å². The maximum atomic E-state index is 13.8. The van der Waals surface area contributed by atoms with Gasteiger partial charge in [0.2, 0.25) is 5.91 Å². The molecule has 0 unspecified atom stereocenters. The van der Waals surface area contributed by atoms with Crippen molar-refractivity contribution in [3.05, 3.63) is 72.4 Å². The highest BCUT2D eigenvalue weighted by molar-refractivity contribution is 5.88. The third-order valence-electron chi connectivity index (χ3n) is 8.16. The van der Waals surface area contributed by atoms with Crippen molar-refractivity contribution in [2.45, 2.75) is 63.9 Å². The molecular formula is C28H37NO4. The minimum Gasteiger partial charge on any atom is -0.388 e. The van der Waals surface area contributed by atoms with Gasteiger partial charge in [0.1, 0.15) is 0 Å². The van der Waals surface area contributed by atoms with Crippen molar-refractivity contribution >= 4 is 5.91 Å². The zero-order chi connectivity index (χ0) is 24.0.